The Morgan fingerprint density at radius 1 is 1.04 bits per heavy atom. The number of piperazine rings is 1. The van der Waals surface area contributed by atoms with Crippen LogP contribution in [0.3, 0.4) is 0 Å². The molecule has 8 heteroatoms. The third-order valence-corrected chi connectivity index (χ3v) is 5.33. The van der Waals surface area contributed by atoms with E-state index >= 15 is 0 Å². The fourth-order valence-electron chi connectivity index (χ4n) is 3.26. The van der Waals surface area contributed by atoms with Gasteiger partial charge in [0.2, 0.25) is 11.0 Å². The molecule has 1 aliphatic heterocycles. The van der Waals surface area contributed by atoms with Crippen molar-refractivity contribution >= 4 is 28.4 Å². The van der Waals surface area contributed by atoms with E-state index in [-0.39, 0.29) is 17.9 Å². The van der Waals surface area contributed by atoms with Gasteiger partial charge in [-0.05, 0) is 19.8 Å². The molecule has 1 aliphatic carbocycles. The third-order valence-electron chi connectivity index (χ3n) is 4.57. The van der Waals surface area contributed by atoms with Gasteiger partial charge in [0.1, 0.15) is 5.01 Å². The van der Waals surface area contributed by atoms with E-state index in [0.29, 0.717) is 31.3 Å². The zero-order valence-corrected chi connectivity index (χ0v) is 14.3. The van der Waals surface area contributed by atoms with E-state index in [1.807, 2.05) is 11.8 Å². The number of aromatic nitrogens is 2. The minimum atomic E-state index is -0.161. The highest BCUT2D eigenvalue weighted by atomic mass is 32.1. The molecule has 0 atom stereocenters. The fraction of sp³-hybridized carbons (Fsp3) is 0.733. The summed E-state index contributed by atoms with van der Waals surface area (Å²) in [6.07, 6.45) is 5.63. The maximum absolute atomic E-state index is 12.5. The van der Waals surface area contributed by atoms with Gasteiger partial charge in [-0.25, -0.2) is 4.79 Å². The number of rotatable bonds is 2. The van der Waals surface area contributed by atoms with E-state index in [1.165, 1.54) is 30.6 Å². The fourth-order valence-corrected chi connectivity index (χ4v) is 3.84. The third kappa shape index (κ3) is 3.99. The number of nitrogens with zero attached hydrogens (tertiary/aromatic N) is 4. The van der Waals surface area contributed by atoms with Crippen LogP contribution in [0.4, 0.5) is 9.93 Å². The summed E-state index contributed by atoms with van der Waals surface area (Å²) in [7, 11) is 0. The number of hydrogen-bond acceptors (Lipinski definition) is 5. The molecule has 3 rings (SSSR count). The van der Waals surface area contributed by atoms with Crippen LogP contribution < -0.4 is 5.32 Å². The molecule has 1 saturated heterocycles. The van der Waals surface area contributed by atoms with E-state index in [4.69, 9.17) is 0 Å². The molecule has 2 aliphatic rings. The minimum absolute atomic E-state index is 0.161. The molecule has 1 aromatic rings. The highest BCUT2D eigenvalue weighted by molar-refractivity contribution is 7.15. The van der Waals surface area contributed by atoms with E-state index in [1.54, 1.807) is 4.90 Å². The van der Waals surface area contributed by atoms with Crippen molar-refractivity contribution in [2.45, 2.75) is 39.0 Å². The topological polar surface area (TPSA) is 78.4 Å². The van der Waals surface area contributed by atoms with Gasteiger partial charge in [-0.2, -0.15) is 0 Å². The quantitative estimate of drug-likeness (QED) is 0.896. The summed E-state index contributed by atoms with van der Waals surface area (Å²) in [5.41, 5.74) is 0. The van der Waals surface area contributed by atoms with Crippen molar-refractivity contribution in [2.75, 3.05) is 31.5 Å². The highest BCUT2D eigenvalue weighted by Gasteiger charge is 2.29. The van der Waals surface area contributed by atoms with Gasteiger partial charge >= 0.3 is 6.03 Å². The van der Waals surface area contributed by atoms with E-state index in [9.17, 15) is 9.59 Å². The van der Waals surface area contributed by atoms with E-state index in [0.717, 1.165) is 17.8 Å². The summed E-state index contributed by atoms with van der Waals surface area (Å²) in [5.74, 6) is 0.484. The summed E-state index contributed by atoms with van der Waals surface area (Å²) in [6, 6.07) is -0.161. The Morgan fingerprint density at radius 2 is 1.70 bits per heavy atom. The molecule has 0 bridgehead atoms. The van der Waals surface area contributed by atoms with Crippen LogP contribution in [0, 0.1) is 12.8 Å². The number of carbonyl (C=O) groups is 2. The molecule has 1 aromatic heterocycles. The highest BCUT2D eigenvalue weighted by Crippen LogP contribution is 2.26. The van der Waals surface area contributed by atoms with Crippen molar-refractivity contribution in [2.24, 2.45) is 5.92 Å². The van der Waals surface area contributed by atoms with Crippen LogP contribution in [0.1, 0.15) is 37.1 Å². The van der Waals surface area contributed by atoms with Crippen LogP contribution in [-0.2, 0) is 4.79 Å². The standard InChI is InChI=1S/C15H23N5O2S/c1-11-17-18-14(23-11)16-15(22)20-9-7-19(8-10-20)13(21)12-5-3-2-4-6-12/h12H,2-10H2,1H3,(H,16,18,22). The summed E-state index contributed by atoms with van der Waals surface area (Å²) < 4.78 is 0. The molecule has 0 aromatic carbocycles. The Morgan fingerprint density at radius 3 is 2.30 bits per heavy atom. The molecule has 0 spiro atoms. The predicted octanol–water partition coefficient (Wildman–Crippen LogP) is 2.10. The molecule has 1 saturated carbocycles. The maximum atomic E-state index is 12.5. The molecule has 1 N–H and O–H groups in total. The van der Waals surface area contributed by atoms with Gasteiger partial charge < -0.3 is 9.80 Å². The van der Waals surface area contributed by atoms with Crippen molar-refractivity contribution in [1.82, 2.24) is 20.0 Å². The normalized spacial score (nSPS) is 19.7. The molecular weight excluding hydrogens is 314 g/mol. The Kier molecular flexibility index (Phi) is 5.09. The van der Waals surface area contributed by atoms with Gasteiger partial charge in [-0.15, -0.1) is 10.2 Å². The number of urea groups is 1. The Bertz CT molecular complexity index is 562. The average molecular weight is 337 g/mol. The molecule has 2 heterocycles. The monoisotopic (exact) mass is 337 g/mol. The van der Waals surface area contributed by atoms with E-state index in [2.05, 4.69) is 15.5 Å². The second-order valence-electron chi connectivity index (χ2n) is 6.20. The summed E-state index contributed by atoms with van der Waals surface area (Å²) in [5, 5.41) is 11.9. The summed E-state index contributed by atoms with van der Waals surface area (Å²) in [6.45, 7) is 4.24. The van der Waals surface area contributed by atoms with Crippen molar-refractivity contribution in [1.29, 1.82) is 0 Å². The van der Waals surface area contributed by atoms with Gasteiger partial charge in [-0.1, -0.05) is 30.6 Å². The number of aryl methyl sites for hydroxylation is 1. The average Bonchev–Trinajstić information content (AvgIpc) is 3.00. The lowest BCUT2D eigenvalue weighted by atomic mass is 9.88. The zero-order valence-electron chi connectivity index (χ0n) is 13.5. The van der Waals surface area contributed by atoms with Gasteiger partial charge in [0.15, 0.2) is 0 Å². The van der Waals surface area contributed by atoms with Gasteiger partial charge in [-0.3, -0.25) is 10.1 Å². The lowest BCUT2D eigenvalue weighted by molar-refractivity contribution is -0.137. The van der Waals surface area contributed by atoms with Crippen LogP contribution in [0.15, 0.2) is 0 Å². The molecule has 0 unspecified atom stereocenters. The molecule has 7 nitrogen and oxygen atoms in total. The first-order chi connectivity index (χ1) is 11.1. The van der Waals surface area contributed by atoms with E-state index < -0.39 is 0 Å². The molecule has 2 fully saturated rings. The first kappa shape index (κ1) is 16.2. The molecular formula is C15H23N5O2S. The predicted molar refractivity (Wildman–Crippen MR) is 88.4 cm³/mol. The number of amides is 3. The van der Waals surface area contributed by atoms with Crippen LogP contribution in [0.2, 0.25) is 0 Å². The lowest BCUT2D eigenvalue weighted by Gasteiger charge is -2.36. The minimum Gasteiger partial charge on any atom is -0.339 e. The number of anilines is 1. The second kappa shape index (κ2) is 7.25. The van der Waals surface area contributed by atoms with Gasteiger partial charge in [0.05, 0.1) is 0 Å². The molecule has 126 valence electrons. The maximum Gasteiger partial charge on any atom is 0.323 e. The van der Waals surface area contributed by atoms with Crippen LogP contribution in [-0.4, -0.2) is 58.1 Å². The van der Waals surface area contributed by atoms with Crippen LogP contribution >= 0.6 is 11.3 Å². The first-order valence-corrected chi connectivity index (χ1v) is 9.10. The Labute approximate surface area is 140 Å². The number of carbonyl (C=O) groups excluding carboxylic acids is 2. The van der Waals surface area contributed by atoms with Crippen molar-refractivity contribution in [3.8, 4) is 0 Å². The van der Waals surface area contributed by atoms with Crippen molar-refractivity contribution in [3.05, 3.63) is 5.01 Å². The molecule has 0 radical (unpaired) electrons. The van der Waals surface area contributed by atoms with Crippen LogP contribution in [0.25, 0.3) is 0 Å². The number of hydrogen-bond donors (Lipinski definition) is 1. The van der Waals surface area contributed by atoms with Crippen molar-refractivity contribution in [3.63, 3.8) is 0 Å². The molecule has 23 heavy (non-hydrogen) atoms. The van der Waals surface area contributed by atoms with Gasteiger partial charge in [0.25, 0.3) is 0 Å². The largest absolute Gasteiger partial charge is 0.339 e. The number of nitrogens with one attached hydrogen (secondary N) is 1. The lowest BCUT2D eigenvalue weighted by Crippen LogP contribution is -2.53. The summed E-state index contributed by atoms with van der Waals surface area (Å²) >= 11 is 1.36. The SMILES string of the molecule is Cc1nnc(NC(=O)N2CCN(C(=O)C3CCCCC3)CC2)s1. The smallest absolute Gasteiger partial charge is 0.323 e. The summed E-state index contributed by atoms with van der Waals surface area (Å²) in [4.78, 5) is 28.4. The second-order valence-corrected chi connectivity index (χ2v) is 7.39. The van der Waals surface area contributed by atoms with Gasteiger partial charge in [0, 0.05) is 32.1 Å². The van der Waals surface area contributed by atoms with Crippen molar-refractivity contribution < 1.29 is 9.59 Å². The Hall–Kier alpha value is -1.70. The molecule has 3 amide bonds. The Balaban J connectivity index is 1.47. The zero-order chi connectivity index (χ0) is 16.2. The first-order valence-electron chi connectivity index (χ1n) is 8.28. The van der Waals surface area contributed by atoms with Crippen LogP contribution in [0.5, 0.6) is 0 Å².